The highest BCUT2D eigenvalue weighted by atomic mass is 32.2. The van der Waals surface area contributed by atoms with Crippen molar-refractivity contribution in [3.63, 3.8) is 0 Å². The van der Waals surface area contributed by atoms with Gasteiger partial charge in [-0.3, -0.25) is 4.79 Å². The van der Waals surface area contributed by atoms with Crippen molar-refractivity contribution >= 4 is 15.7 Å². The number of hydrogen-bond acceptors (Lipinski definition) is 3. The van der Waals surface area contributed by atoms with Crippen LogP contribution in [0.25, 0.3) is 0 Å². The Balaban J connectivity index is 1.69. The van der Waals surface area contributed by atoms with Crippen molar-refractivity contribution in [2.24, 2.45) is 0 Å². The zero-order valence-corrected chi connectivity index (χ0v) is 16.8. The number of halogens is 1. The summed E-state index contributed by atoms with van der Waals surface area (Å²) < 4.78 is 36.9. The normalized spacial score (nSPS) is 19.3. The molecule has 1 aliphatic heterocycles. The summed E-state index contributed by atoms with van der Waals surface area (Å²) in [4.78, 5) is 15.7. The summed E-state index contributed by atoms with van der Waals surface area (Å²) in [6.45, 7) is 1.25. The lowest BCUT2D eigenvalue weighted by atomic mass is 10.1. The molecule has 1 unspecified atom stereocenters. The lowest BCUT2D eigenvalue weighted by Gasteiger charge is -2.29. The molecule has 1 N–H and O–H groups in total. The molecule has 2 aromatic carbocycles. The molecule has 28 heavy (non-hydrogen) atoms. The lowest BCUT2D eigenvalue weighted by Crippen LogP contribution is -3.09. The minimum absolute atomic E-state index is 0.0303. The molecular formula is C21H26FN2O3S+. The molecule has 1 saturated heterocycles. The second-order valence-corrected chi connectivity index (χ2v) is 9.73. The largest absolute Gasteiger partial charge is 0.329 e. The zero-order valence-electron chi connectivity index (χ0n) is 16.0. The molecule has 0 bridgehead atoms. The predicted octanol–water partition coefficient (Wildman–Crippen LogP) is 1.06. The molecule has 2 aromatic rings. The van der Waals surface area contributed by atoms with Crippen LogP contribution in [0.1, 0.15) is 17.5 Å². The number of carbonyl (C=O) groups is 1. The van der Waals surface area contributed by atoms with Crippen molar-refractivity contribution in [3.8, 4) is 0 Å². The molecule has 7 heteroatoms. The fourth-order valence-electron chi connectivity index (χ4n) is 3.60. The van der Waals surface area contributed by atoms with Crippen molar-refractivity contribution < 1.29 is 22.5 Å². The van der Waals surface area contributed by atoms with Crippen LogP contribution < -0.4 is 4.90 Å². The maximum Gasteiger partial charge on any atom is 0.278 e. The third kappa shape index (κ3) is 5.62. The van der Waals surface area contributed by atoms with Crippen LogP contribution in [0, 0.1) is 5.82 Å². The number of likely N-dealkylation sites (N-methyl/N-ethyl adjacent to an activating group) is 1. The molecule has 1 aliphatic rings. The minimum atomic E-state index is -3.08. The van der Waals surface area contributed by atoms with E-state index >= 15 is 0 Å². The van der Waals surface area contributed by atoms with Crippen LogP contribution in [0.4, 0.5) is 4.39 Å². The van der Waals surface area contributed by atoms with Crippen molar-refractivity contribution in [1.29, 1.82) is 0 Å². The van der Waals surface area contributed by atoms with Crippen LogP contribution in [0.5, 0.6) is 0 Å². The number of nitrogens with zero attached hydrogens (tertiary/aromatic N) is 1. The standard InChI is InChI=1S/C21H25FN2O3S/c1-23(13-18-7-9-19(22)10-8-18)15-21(25)24(14-17-5-3-2-4-6-17)20-11-12-28(26,27)16-20/h2-10,20H,11-16H2,1H3/p+1/t20-/m0/s1. The molecule has 1 fully saturated rings. The second kappa shape index (κ2) is 8.84. The number of amides is 1. The molecule has 0 radical (unpaired) electrons. The van der Waals surface area contributed by atoms with E-state index in [2.05, 4.69) is 0 Å². The van der Waals surface area contributed by atoms with Gasteiger partial charge in [-0.15, -0.1) is 0 Å². The average Bonchev–Trinajstić information content (AvgIpc) is 3.02. The van der Waals surface area contributed by atoms with Crippen LogP contribution in [-0.4, -0.2) is 50.4 Å². The molecule has 2 atom stereocenters. The van der Waals surface area contributed by atoms with Crippen molar-refractivity contribution in [2.75, 3.05) is 25.1 Å². The fraction of sp³-hybridized carbons (Fsp3) is 0.381. The van der Waals surface area contributed by atoms with Crippen LogP contribution in [0.3, 0.4) is 0 Å². The van der Waals surface area contributed by atoms with Crippen LogP contribution in [-0.2, 0) is 27.7 Å². The van der Waals surface area contributed by atoms with Gasteiger partial charge in [0.2, 0.25) is 0 Å². The van der Waals surface area contributed by atoms with Crippen molar-refractivity contribution in [3.05, 3.63) is 71.5 Å². The Hall–Kier alpha value is -2.25. The summed E-state index contributed by atoms with van der Waals surface area (Å²) in [5.41, 5.74) is 1.93. The molecule has 150 valence electrons. The topological polar surface area (TPSA) is 58.9 Å². The molecule has 1 heterocycles. The third-order valence-electron chi connectivity index (χ3n) is 5.04. The number of hydrogen-bond donors (Lipinski definition) is 1. The highest BCUT2D eigenvalue weighted by Crippen LogP contribution is 2.20. The van der Waals surface area contributed by atoms with Crippen LogP contribution >= 0.6 is 0 Å². The lowest BCUT2D eigenvalue weighted by molar-refractivity contribution is -0.885. The molecule has 5 nitrogen and oxygen atoms in total. The smallest absolute Gasteiger partial charge is 0.278 e. The van der Waals surface area contributed by atoms with E-state index in [4.69, 9.17) is 0 Å². The van der Waals surface area contributed by atoms with Crippen LogP contribution in [0.15, 0.2) is 54.6 Å². The van der Waals surface area contributed by atoms with E-state index in [1.165, 1.54) is 12.1 Å². The monoisotopic (exact) mass is 405 g/mol. The second-order valence-electron chi connectivity index (χ2n) is 7.50. The first-order valence-electron chi connectivity index (χ1n) is 9.42. The molecule has 0 saturated carbocycles. The fourth-order valence-corrected chi connectivity index (χ4v) is 5.33. The SMILES string of the molecule is C[NH+](CC(=O)N(Cc1ccccc1)[C@H]1CCS(=O)(=O)C1)Cc1ccc(F)cc1. The van der Waals surface area contributed by atoms with Gasteiger partial charge < -0.3 is 9.80 Å². The maximum absolute atomic E-state index is 13.1. The van der Waals surface area contributed by atoms with Crippen molar-refractivity contribution in [2.45, 2.75) is 25.6 Å². The molecule has 3 rings (SSSR count). The third-order valence-corrected chi connectivity index (χ3v) is 6.79. The Labute approximate surface area is 165 Å². The van der Waals surface area contributed by atoms with Gasteiger partial charge in [-0.05, 0) is 24.1 Å². The summed E-state index contributed by atoms with van der Waals surface area (Å²) in [5.74, 6) is -0.184. The Morgan fingerprint density at radius 2 is 1.79 bits per heavy atom. The number of benzene rings is 2. The first-order chi connectivity index (χ1) is 13.3. The Morgan fingerprint density at radius 3 is 2.39 bits per heavy atom. The van der Waals surface area contributed by atoms with Crippen LogP contribution in [0.2, 0.25) is 0 Å². The van der Waals surface area contributed by atoms with Gasteiger partial charge in [0.15, 0.2) is 16.4 Å². The number of quaternary nitrogens is 1. The van der Waals surface area contributed by atoms with Gasteiger partial charge in [0.05, 0.1) is 18.6 Å². The number of rotatable bonds is 7. The van der Waals surface area contributed by atoms with E-state index in [9.17, 15) is 17.6 Å². The van der Waals surface area contributed by atoms with Crippen molar-refractivity contribution in [1.82, 2.24) is 4.90 Å². The van der Waals surface area contributed by atoms with E-state index in [-0.39, 0.29) is 35.8 Å². The summed E-state index contributed by atoms with van der Waals surface area (Å²) >= 11 is 0. The minimum Gasteiger partial charge on any atom is -0.329 e. The molecule has 0 aromatic heterocycles. The van der Waals surface area contributed by atoms with Gasteiger partial charge in [0.25, 0.3) is 5.91 Å². The highest BCUT2D eigenvalue weighted by molar-refractivity contribution is 7.91. The summed E-state index contributed by atoms with van der Waals surface area (Å²) in [7, 11) is -1.17. The Bertz CT molecular complexity index is 901. The Morgan fingerprint density at radius 1 is 1.11 bits per heavy atom. The number of nitrogens with one attached hydrogen (secondary N) is 1. The van der Waals surface area contributed by atoms with E-state index in [0.29, 0.717) is 19.5 Å². The summed E-state index contributed by atoms with van der Waals surface area (Å²) in [5, 5.41) is 0. The Kier molecular flexibility index (Phi) is 6.46. The van der Waals surface area contributed by atoms with E-state index in [1.807, 2.05) is 37.4 Å². The average molecular weight is 406 g/mol. The molecule has 0 aliphatic carbocycles. The molecular weight excluding hydrogens is 379 g/mol. The quantitative estimate of drug-likeness (QED) is 0.749. The summed E-state index contributed by atoms with van der Waals surface area (Å²) in [6.07, 6.45) is 0.484. The van der Waals surface area contributed by atoms with Gasteiger partial charge >= 0.3 is 0 Å². The molecule has 1 amide bonds. The molecule has 0 spiro atoms. The maximum atomic E-state index is 13.1. The van der Waals surface area contributed by atoms with E-state index in [1.54, 1.807) is 17.0 Å². The predicted molar refractivity (Wildman–Crippen MR) is 106 cm³/mol. The van der Waals surface area contributed by atoms with Gasteiger partial charge in [-0.2, -0.15) is 0 Å². The first kappa shape index (κ1) is 20.5. The van der Waals surface area contributed by atoms with E-state index < -0.39 is 9.84 Å². The first-order valence-corrected chi connectivity index (χ1v) is 11.2. The number of carbonyl (C=O) groups excluding carboxylic acids is 1. The van der Waals surface area contributed by atoms with Gasteiger partial charge in [0, 0.05) is 18.2 Å². The zero-order chi connectivity index (χ0) is 20.1. The number of sulfone groups is 1. The van der Waals surface area contributed by atoms with Gasteiger partial charge in [-0.25, -0.2) is 12.8 Å². The summed E-state index contributed by atoms with van der Waals surface area (Å²) in [6, 6.07) is 15.6. The van der Waals surface area contributed by atoms with Gasteiger partial charge in [0.1, 0.15) is 12.4 Å². The van der Waals surface area contributed by atoms with E-state index in [0.717, 1.165) is 16.0 Å². The highest BCUT2D eigenvalue weighted by Gasteiger charge is 2.35. The van der Waals surface area contributed by atoms with Gasteiger partial charge in [-0.1, -0.05) is 42.5 Å².